The van der Waals surface area contributed by atoms with E-state index >= 15 is 0 Å². The summed E-state index contributed by atoms with van der Waals surface area (Å²) in [6.45, 7) is 3.96. The minimum Gasteiger partial charge on any atom is -0.396 e. The van der Waals surface area contributed by atoms with Crippen LogP contribution in [0.3, 0.4) is 0 Å². The van der Waals surface area contributed by atoms with E-state index < -0.39 is 5.82 Å². The first kappa shape index (κ1) is 14.5. The lowest BCUT2D eigenvalue weighted by Crippen LogP contribution is -2.30. The Kier molecular flexibility index (Phi) is 4.09. The fourth-order valence-corrected chi connectivity index (χ4v) is 2.93. The van der Waals surface area contributed by atoms with Gasteiger partial charge in [-0.05, 0) is 38.1 Å². The van der Waals surface area contributed by atoms with Crippen molar-refractivity contribution in [2.45, 2.75) is 19.9 Å². The van der Waals surface area contributed by atoms with Gasteiger partial charge in [0.25, 0.3) is 5.91 Å². The smallest absolute Gasteiger partial charge is 0.256 e. The van der Waals surface area contributed by atoms with E-state index in [1.165, 1.54) is 17.0 Å². The number of nitrogens with zero attached hydrogens (tertiary/aromatic N) is 1. The molecule has 1 heterocycles. The highest BCUT2D eigenvalue weighted by molar-refractivity contribution is 7.12. The Morgan fingerprint density at radius 2 is 2.05 bits per heavy atom. The van der Waals surface area contributed by atoms with Crippen molar-refractivity contribution in [3.8, 4) is 0 Å². The molecule has 0 aliphatic carbocycles. The Morgan fingerprint density at radius 3 is 2.65 bits per heavy atom. The summed E-state index contributed by atoms with van der Waals surface area (Å²) in [5.41, 5.74) is 5.75. The van der Waals surface area contributed by atoms with Crippen LogP contribution in [0.2, 0.25) is 0 Å². The number of hydrogen-bond acceptors (Lipinski definition) is 3. The third-order valence-corrected chi connectivity index (χ3v) is 4.53. The molecule has 2 N–H and O–H groups in total. The highest BCUT2D eigenvalue weighted by Crippen LogP contribution is 2.28. The maximum Gasteiger partial charge on any atom is 0.256 e. The summed E-state index contributed by atoms with van der Waals surface area (Å²) in [7, 11) is 1.70. The number of para-hydroxylation sites is 1. The molecule has 2 aromatic rings. The summed E-state index contributed by atoms with van der Waals surface area (Å²) in [6, 6.07) is 8.23. The topological polar surface area (TPSA) is 46.3 Å². The van der Waals surface area contributed by atoms with Crippen LogP contribution < -0.4 is 5.73 Å². The average Bonchev–Trinajstić information content (AvgIpc) is 2.86. The number of thiophene rings is 1. The minimum atomic E-state index is -0.566. The highest BCUT2D eigenvalue weighted by Gasteiger charge is 2.22. The lowest BCUT2D eigenvalue weighted by molar-refractivity contribution is 0.0745. The number of nitrogen functional groups attached to an aromatic ring is 1. The predicted molar refractivity (Wildman–Crippen MR) is 80.4 cm³/mol. The molecule has 106 valence electrons. The first-order valence-electron chi connectivity index (χ1n) is 6.29. The van der Waals surface area contributed by atoms with E-state index in [4.69, 9.17) is 5.73 Å². The molecule has 0 fully saturated rings. The van der Waals surface area contributed by atoms with E-state index in [1.54, 1.807) is 29.4 Å². The molecule has 0 bridgehead atoms. The second-order valence-corrected chi connectivity index (χ2v) is 6.06. The largest absolute Gasteiger partial charge is 0.396 e. The Morgan fingerprint density at radius 1 is 1.35 bits per heavy atom. The number of anilines is 1. The molecule has 2 rings (SSSR count). The molecule has 0 aliphatic heterocycles. The van der Waals surface area contributed by atoms with Crippen molar-refractivity contribution >= 4 is 22.9 Å². The number of benzene rings is 1. The molecule has 0 spiro atoms. The first-order valence-corrected chi connectivity index (χ1v) is 7.11. The average molecular weight is 292 g/mol. The first-order chi connectivity index (χ1) is 9.41. The number of nitrogens with two attached hydrogens (primary N) is 1. The van der Waals surface area contributed by atoms with Crippen molar-refractivity contribution in [1.82, 2.24) is 4.90 Å². The fraction of sp³-hybridized carbons (Fsp3) is 0.267. The van der Waals surface area contributed by atoms with Gasteiger partial charge in [-0.3, -0.25) is 4.79 Å². The van der Waals surface area contributed by atoms with Gasteiger partial charge >= 0.3 is 0 Å². The van der Waals surface area contributed by atoms with E-state index in [0.717, 1.165) is 4.88 Å². The summed E-state index contributed by atoms with van der Waals surface area (Å²) in [5, 5.41) is 0. The molecule has 3 nitrogen and oxygen atoms in total. The van der Waals surface area contributed by atoms with Crippen LogP contribution in [-0.4, -0.2) is 17.9 Å². The van der Waals surface area contributed by atoms with Crippen molar-refractivity contribution in [3.05, 3.63) is 51.5 Å². The van der Waals surface area contributed by atoms with Crippen molar-refractivity contribution in [2.24, 2.45) is 0 Å². The summed E-state index contributed by atoms with van der Waals surface area (Å²) in [6.07, 6.45) is 0. The second-order valence-electron chi connectivity index (χ2n) is 4.74. The van der Waals surface area contributed by atoms with Gasteiger partial charge in [0.15, 0.2) is 0 Å². The van der Waals surface area contributed by atoms with Gasteiger partial charge in [-0.15, -0.1) is 11.3 Å². The molecule has 1 atom stereocenters. The number of carbonyl (C=O) groups excluding carboxylic acids is 1. The summed E-state index contributed by atoms with van der Waals surface area (Å²) in [4.78, 5) is 16.3. The Hall–Kier alpha value is -1.88. The van der Waals surface area contributed by atoms with E-state index in [1.807, 2.05) is 26.0 Å². The zero-order valence-electron chi connectivity index (χ0n) is 11.7. The van der Waals surface area contributed by atoms with Gasteiger partial charge in [-0.2, -0.15) is 0 Å². The van der Waals surface area contributed by atoms with Crippen LogP contribution in [0.5, 0.6) is 0 Å². The number of hydrogen-bond donors (Lipinski definition) is 1. The summed E-state index contributed by atoms with van der Waals surface area (Å²) in [5.74, 6) is -0.843. The standard InChI is InChI=1S/C15H17FN2OS/c1-9-7-8-13(20-9)10(2)18(3)15(19)11-5-4-6-12(16)14(11)17/h4-8,10H,17H2,1-3H3. The predicted octanol–water partition coefficient (Wildman–Crippen LogP) is 3.61. The monoisotopic (exact) mass is 292 g/mol. The summed E-state index contributed by atoms with van der Waals surface area (Å²) >= 11 is 1.64. The molecule has 5 heteroatoms. The second kappa shape index (κ2) is 5.63. The fourth-order valence-electron chi connectivity index (χ4n) is 1.96. The summed E-state index contributed by atoms with van der Waals surface area (Å²) < 4.78 is 13.4. The van der Waals surface area contributed by atoms with Gasteiger partial charge in [0.05, 0.1) is 17.3 Å². The van der Waals surface area contributed by atoms with E-state index in [0.29, 0.717) is 0 Å². The third kappa shape index (κ3) is 2.67. The molecular weight excluding hydrogens is 275 g/mol. The van der Waals surface area contributed by atoms with Crippen LogP contribution in [0.25, 0.3) is 0 Å². The highest BCUT2D eigenvalue weighted by atomic mass is 32.1. The zero-order valence-corrected chi connectivity index (χ0v) is 12.5. The molecule has 1 amide bonds. The van der Waals surface area contributed by atoms with E-state index in [9.17, 15) is 9.18 Å². The number of carbonyl (C=O) groups is 1. The maximum absolute atomic E-state index is 13.4. The van der Waals surface area contributed by atoms with Gasteiger partial charge in [-0.1, -0.05) is 6.07 Å². The lowest BCUT2D eigenvalue weighted by Gasteiger charge is -2.24. The lowest BCUT2D eigenvalue weighted by atomic mass is 10.1. The van der Waals surface area contributed by atoms with Gasteiger partial charge in [-0.25, -0.2) is 4.39 Å². The molecule has 1 unspecified atom stereocenters. The van der Waals surface area contributed by atoms with Gasteiger partial charge in [0.2, 0.25) is 0 Å². The van der Waals surface area contributed by atoms with Crippen LogP contribution >= 0.6 is 11.3 Å². The van der Waals surface area contributed by atoms with Crippen molar-refractivity contribution in [3.63, 3.8) is 0 Å². The van der Waals surface area contributed by atoms with Crippen LogP contribution in [0.15, 0.2) is 30.3 Å². The Labute approximate surface area is 121 Å². The van der Waals surface area contributed by atoms with E-state index in [-0.39, 0.29) is 23.2 Å². The van der Waals surface area contributed by atoms with Crippen LogP contribution in [0, 0.1) is 12.7 Å². The SMILES string of the molecule is Cc1ccc(C(C)N(C)C(=O)c2cccc(F)c2N)s1. The van der Waals surface area contributed by atoms with Gasteiger partial charge in [0, 0.05) is 16.8 Å². The van der Waals surface area contributed by atoms with Crippen molar-refractivity contribution < 1.29 is 9.18 Å². The molecule has 1 aromatic carbocycles. The van der Waals surface area contributed by atoms with Crippen molar-refractivity contribution in [2.75, 3.05) is 12.8 Å². The molecule has 0 saturated heterocycles. The molecule has 0 radical (unpaired) electrons. The van der Waals surface area contributed by atoms with E-state index in [2.05, 4.69) is 0 Å². The number of amides is 1. The molecule has 0 saturated carbocycles. The number of rotatable bonds is 3. The molecular formula is C15H17FN2OS. The molecule has 1 aromatic heterocycles. The number of halogens is 1. The number of aryl methyl sites for hydroxylation is 1. The van der Waals surface area contributed by atoms with Crippen LogP contribution in [-0.2, 0) is 0 Å². The minimum absolute atomic E-state index is 0.0798. The Bertz CT molecular complexity index is 639. The Balaban J connectivity index is 2.26. The van der Waals surface area contributed by atoms with Crippen LogP contribution in [0.1, 0.15) is 33.1 Å². The normalized spacial score (nSPS) is 12.2. The zero-order chi connectivity index (χ0) is 14.9. The third-order valence-electron chi connectivity index (χ3n) is 3.36. The maximum atomic E-state index is 13.4. The quantitative estimate of drug-likeness (QED) is 0.878. The molecule has 20 heavy (non-hydrogen) atoms. The van der Waals surface area contributed by atoms with Crippen LogP contribution in [0.4, 0.5) is 10.1 Å². The van der Waals surface area contributed by atoms with Gasteiger partial charge in [0.1, 0.15) is 5.82 Å². The van der Waals surface area contributed by atoms with Gasteiger partial charge < -0.3 is 10.6 Å². The molecule has 0 aliphatic rings. The van der Waals surface area contributed by atoms with Crippen molar-refractivity contribution in [1.29, 1.82) is 0 Å².